The number of nitriles is 1. The monoisotopic (exact) mass is 416 g/mol. The maximum atomic E-state index is 14.6. The van der Waals surface area contributed by atoms with Crippen molar-refractivity contribution < 1.29 is 17.6 Å². The van der Waals surface area contributed by atoms with Gasteiger partial charge < -0.3 is 4.57 Å². The molecule has 0 atom stereocenters. The fourth-order valence-corrected chi connectivity index (χ4v) is 3.98. The van der Waals surface area contributed by atoms with Gasteiger partial charge in [-0.3, -0.25) is 0 Å². The van der Waals surface area contributed by atoms with Crippen LogP contribution in [0.5, 0.6) is 0 Å². The highest BCUT2D eigenvalue weighted by Gasteiger charge is 2.26. The van der Waals surface area contributed by atoms with Crippen LogP contribution in [0.25, 0.3) is 38.6 Å². The Morgan fingerprint density at radius 3 is 1.74 bits per heavy atom. The predicted molar refractivity (Wildman–Crippen MR) is 111 cm³/mol. The lowest BCUT2D eigenvalue weighted by Gasteiger charge is -2.12. The van der Waals surface area contributed by atoms with Crippen LogP contribution in [0.1, 0.15) is 5.56 Å². The summed E-state index contributed by atoms with van der Waals surface area (Å²) in [5, 5.41) is 10.8. The van der Waals surface area contributed by atoms with Crippen LogP contribution in [0.15, 0.2) is 72.8 Å². The Morgan fingerprint density at radius 2 is 1.19 bits per heavy atom. The van der Waals surface area contributed by atoms with Crippen LogP contribution in [0, 0.1) is 34.6 Å². The molecule has 0 N–H and O–H groups in total. The van der Waals surface area contributed by atoms with Crippen molar-refractivity contribution in [3.63, 3.8) is 0 Å². The second-order valence-electron chi connectivity index (χ2n) is 7.04. The Balaban J connectivity index is 1.81. The molecule has 1 aromatic heterocycles. The number of para-hydroxylation sites is 2. The van der Waals surface area contributed by atoms with Crippen LogP contribution in [0.2, 0.25) is 0 Å². The van der Waals surface area contributed by atoms with E-state index in [1.165, 1.54) is 12.1 Å². The van der Waals surface area contributed by atoms with Crippen LogP contribution in [0.4, 0.5) is 17.6 Å². The summed E-state index contributed by atoms with van der Waals surface area (Å²) < 4.78 is 59.5. The number of halogens is 4. The molecule has 0 aliphatic heterocycles. The molecule has 0 fully saturated rings. The minimum atomic E-state index is -1.71. The second kappa shape index (κ2) is 6.99. The summed E-state index contributed by atoms with van der Waals surface area (Å²) in [5.41, 5.74) is 0.141. The van der Waals surface area contributed by atoms with Crippen LogP contribution in [-0.4, -0.2) is 4.57 Å². The Bertz CT molecular complexity index is 1460. The lowest BCUT2D eigenvalue weighted by Crippen LogP contribution is -2.04. The van der Waals surface area contributed by atoms with E-state index >= 15 is 0 Å². The average Bonchev–Trinajstić information content (AvgIpc) is 3.13. The number of aromatic nitrogens is 1. The molecule has 4 aromatic carbocycles. The first-order valence-electron chi connectivity index (χ1n) is 9.38. The van der Waals surface area contributed by atoms with Gasteiger partial charge in [0.05, 0.1) is 16.6 Å². The summed E-state index contributed by atoms with van der Waals surface area (Å²) in [6.07, 6.45) is 0. The fraction of sp³-hybridized carbons (Fsp3) is 0. The van der Waals surface area contributed by atoms with Crippen molar-refractivity contribution in [3.8, 4) is 22.9 Å². The molecule has 0 saturated carbocycles. The van der Waals surface area contributed by atoms with Gasteiger partial charge in [-0.25, -0.2) is 17.6 Å². The lowest BCUT2D eigenvalue weighted by atomic mass is 10.0. The van der Waals surface area contributed by atoms with E-state index in [0.717, 1.165) is 27.9 Å². The first-order valence-corrected chi connectivity index (χ1v) is 9.38. The molecule has 150 valence electrons. The number of nitrogens with zero attached hydrogens (tertiary/aromatic N) is 2. The summed E-state index contributed by atoms with van der Waals surface area (Å²) in [6, 6.07) is 22.7. The molecule has 0 aliphatic rings. The standard InChI is InChI=1S/C25H12F4N2/c26-22-18(13-30)23(27)25(29)21(24(22)28)14-6-5-7-15(12-14)31-19-10-3-1-8-16(19)17-9-2-4-11-20(17)31/h1-12H. The summed E-state index contributed by atoms with van der Waals surface area (Å²) in [4.78, 5) is 0. The zero-order valence-corrected chi connectivity index (χ0v) is 15.8. The van der Waals surface area contributed by atoms with E-state index in [0.29, 0.717) is 5.69 Å². The molecule has 0 saturated heterocycles. The third-order valence-corrected chi connectivity index (χ3v) is 5.35. The van der Waals surface area contributed by atoms with Gasteiger partial charge in [-0.05, 0) is 29.8 Å². The Kier molecular flexibility index (Phi) is 4.26. The van der Waals surface area contributed by atoms with Gasteiger partial charge >= 0.3 is 0 Å². The third kappa shape index (κ3) is 2.71. The molecule has 0 bridgehead atoms. The van der Waals surface area contributed by atoms with Gasteiger partial charge in [0, 0.05) is 16.5 Å². The lowest BCUT2D eigenvalue weighted by molar-refractivity contribution is 0.454. The van der Waals surface area contributed by atoms with Crippen LogP contribution in [0.3, 0.4) is 0 Å². The highest BCUT2D eigenvalue weighted by Crippen LogP contribution is 2.35. The van der Waals surface area contributed by atoms with Gasteiger partial charge in [-0.2, -0.15) is 5.26 Å². The normalized spacial score (nSPS) is 11.2. The van der Waals surface area contributed by atoms with Gasteiger partial charge in [-0.15, -0.1) is 0 Å². The van der Waals surface area contributed by atoms with Gasteiger partial charge in [0.25, 0.3) is 0 Å². The van der Waals surface area contributed by atoms with Crippen molar-refractivity contribution in [1.29, 1.82) is 5.26 Å². The molecule has 5 rings (SSSR count). The van der Waals surface area contributed by atoms with Crippen molar-refractivity contribution in [2.75, 3.05) is 0 Å². The number of hydrogen-bond acceptors (Lipinski definition) is 1. The molecular formula is C25H12F4N2. The minimum Gasteiger partial charge on any atom is -0.309 e. The molecule has 5 aromatic rings. The Morgan fingerprint density at radius 1 is 0.645 bits per heavy atom. The average molecular weight is 416 g/mol. The highest BCUT2D eigenvalue weighted by molar-refractivity contribution is 6.09. The molecule has 0 spiro atoms. The maximum absolute atomic E-state index is 14.6. The molecule has 0 aliphatic carbocycles. The van der Waals surface area contributed by atoms with Crippen molar-refractivity contribution in [1.82, 2.24) is 4.57 Å². The summed E-state index contributed by atoms with van der Waals surface area (Å²) in [6.45, 7) is 0. The number of rotatable bonds is 2. The molecule has 0 radical (unpaired) electrons. The Labute approximate surface area is 174 Å². The van der Waals surface area contributed by atoms with E-state index in [4.69, 9.17) is 5.26 Å². The van der Waals surface area contributed by atoms with E-state index in [9.17, 15) is 17.6 Å². The summed E-state index contributed by atoms with van der Waals surface area (Å²) in [7, 11) is 0. The summed E-state index contributed by atoms with van der Waals surface area (Å²) >= 11 is 0. The van der Waals surface area contributed by atoms with E-state index in [1.807, 2.05) is 53.1 Å². The van der Waals surface area contributed by atoms with E-state index < -0.39 is 34.4 Å². The van der Waals surface area contributed by atoms with Gasteiger partial charge in [0.1, 0.15) is 11.6 Å². The molecule has 1 heterocycles. The Hall–Kier alpha value is -4.11. The van der Waals surface area contributed by atoms with Crippen molar-refractivity contribution in [3.05, 3.63) is 102 Å². The summed E-state index contributed by atoms with van der Waals surface area (Å²) in [5.74, 6) is -6.62. The molecule has 0 amide bonds. The van der Waals surface area contributed by atoms with Crippen molar-refractivity contribution >= 4 is 21.8 Å². The fourth-order valence-electron chi connectivity index (χ4n) is 3.98. The number of benzene rings is 4. The molecule has 2 nitrogen and oxygen atoms in total. The van der Waals surface area contributed by atoms with E-state index in [-0.39, 0.29) is 5.56 Å². The smallest absolute Gasteiger partial charge is 0.180 e. The SMILES string of the molecule is N#Cc1c(F)c(F)c(-c2cccc(-n3c4ccccc4c4ccccc43)c2)c(F)c1F. The van der Waals surface area contributed by atoms with Crippen molar-refractivity contribution in [2.45, 2.75) is 0 Å². The first-order chi connectivity index (χ1) is 15.0. The minimum absolute atomic E-state index is 0.0448. The molecule has 0 unspecified atom stereocenters. The van der Waals surface area contributed by atoms with Crippen molar-refractivity contribution in [2.24, 2.45) is 0 Å². The van der Waals surface area contributed by atoms with Crippen LogP contribution < -0.4 is 0 Å². The van der Waals surface area contributed by atoms with Gasteiger partial charge in [-0.1, -0.05) is 48.5 Å². The quantitative estimate of drug-likeness (QED) is 0.228. The number of hydrogen-bond donors (Lipinski definition) is 0. The second-order valence-corrected chi connectivity index (χ2v) is 7.04. The topological polar surface area (TPSA) is 28.7 Å². The van der Waals surface area contributed by atoms with Crippen LogP contribution >= 0.6 is 0 Å². The van der Waals surface area contributed by atoms with E-state index in [1.54, 1.807) is 12.1 Å². The molecule has 6 heteroatoms. The van der Waals surface area contributed by atoms with Crippen LogP contribution in [-0.2, 0) is 0 Å². The zero-order valence-electron chi connectivity index (χ0n) is 15.8. The van der Waals surface area contributed by atoms with E-state index in [2.05, 4.69) is 0 Å². The van der Waals surface area contributed by atoms with Gasteiger partial charge in [0.2, 0.25) is 0 Å². The third-order valence-electron chi connectivity index (χ3n) is 5.35. The highest BCUT2D eigenvalue weighted by atomic mass is 19.2. The molecule has 31 heavy (non-hydrogen) atoms. The van der Waals surface area contributed by atoms with Gasteiger partial charge in [0.15, 0.2) is 23.3 Å². The maximum Gasteiger partial charge on any atom is 0.180 e. The number of fused-ring (bicyclic) bond motifs is 3. The zero-order chi connectivity index (χ0) is 21.7. The first kappa shape index (κ1) is 18.9. The predicted octanol–water partition coefficient (Wildman–Crippen LogP) is 6.88. The largest absolute Gasteiger partial charge is 0.309 e. The molecular weight excluding hydrogens is 404 g/mol.